The Kier molecular flexibility index (Phi) is 7.26. The van der Waals surface area contributed by atoms with Crippen molar-refractivity contribution in [2.24, 2.45) is 17.1 Å². The van der Waals surface area contributed by atoms with E-state index in [2.05, 4.69) is 5.32 Å². The van der Waals surface area contributed by atoms with Gasteiger partial charge in [-0.3, -0.25) is 0 Å². The van der Waals surface area contributed by atoms with E-state index in [-0.39, 0.29) is 25.2 Å². The Morgan fingerprint density at radius 1 is 1.16 bits per heavy atom. The van der Waals surface area contributed by atoms with Gasteiger partial charge in [0.2, 0.25) is 0 Å². The molecule has 6 nitrogen and oxygen atoms in total. The van der Waals surface area contributed by atoms with Crippen LogP contribution in [0.3, 0.4) is 0 Å². The zero-order valence-corrected chi connectivity index (χ0v) is 12.5. The molecule has 2 amide bonds. The first-order valence-corrected chi connectivity index (χ1v) is 6.59. The average Bonchev–Trinajstić information content (AvgIpc) is 2.28. The van der Waals surface area contributed by atoms with Gasteiger partial charge in [0.1, 0.15) is 13.2 Å². The Morgan fingerprint density at radius 2 is 1.68 bits per heavy atom. The molecule has 1 unspecified atom stereocenters. The summed E-state index contributed by atoms with van der Waals surface area (Å²) in [5, 5.41) is 2.65. The summed E-state index contributed by atoms with van der Waals surface area (Å²) in [5.41, 5.74) is 4.58. The van der Waals surface area contributed by atoms with E-state index < -0.39 is 17.6 Å². The lowest BCUT2D eigenvalue weighted by Crippen LogP contribution is -2.41. The van der Waals surface area contributed by atoms with Crippen molar-refractivity contribution in [2.75, 3.05) is 13.2 Å². The van der Waals surface area contributed by atoms with Gasteiger partial charge in [-0.1, -0.05) is 20.8 Å². The maximum absolute atomic E-state index is 11.5. The zero-order valence-electron chi connectivity index (χ0n) is 12.5. The number of carbonyl (C=O) groups is 2. The number of nitrogens with one attached hydrogen (secondary N) is 1. The summed E-state index contributed by atoms with van der Waals surface area (Å²) in [6, 6.07) is 0.0180. The molecule has 0 aromatic heterocycles. The fraction of sp³-hybridized carbons (Fsp3) is 0.846. The molecule has 0 aromatic rings. The molecule has 0 radical (unpaired) electrons. The van der Waals surface area contributed by atoms with Gasteiger partial charge in [0.05, 0.1) is 0 Å². The standard InChI is InChI=1S/C13H26N2O4/c1-6-13(9(2)3,7-18-11(14)16)8-19-12(17)15-10(4)5/h9-10H,6-8H2,1-5H3,(H2,14,16)(H,15,17). The van der Waals surface area contributed by atoms with Crippen LogP contribution in [-0.2, 0) is 9.47 Å². The summed E-state index contributed by atoms with van der Waals surface area (Å²) < 4.78 is 10.1. The number of amides is 2. The van der Waals surface area contributed by atoms with E-state index in [4.69, 9.17) is 15.2 Å². The van der Waals surface area contributed by atoms with Crippen LogP contribution in [0.25, 0.3) is 0 Å². The summed E-state index contributed by atoms with van der Waals surface area (Å²) >= 11 is 0. The number of ether oxygens (including phenoxy) is 2. The molecule has 0 rings (SSSR count). The predicted molar refractivity (Wildman–Crippen MR) is 72.7 cm³/mol. The molecule has 112 valence electrons. The molecule has 0 saturated carbocycles. The van der Waals surface area contributed by atoms with Crippen molar-refractivity contribution in [3.8, 4) is 0 Å². The normalized spacial score (nSPS) is 14.1. The number of nitrogens with two attached hydrogens (primary N) is 1. The number of primary amides is 1. The first-order chi connectivity index (χ1) is 8.73. The number of hydrogen-bond donors (Lipinski definition) is 2. The van der Waals surface area contributed by atoms with E-state index >= 15 is 0 Å². The Balaban J connectivity index is 4.58. The van der Waals surface area contributed by atoms with Crippen molar-refractivity contribution in [2.45, 2.75) is 47.1 Å². The molecule has 0 aromatic carbocycles. The van der Waals surface area contributed by atoms with Gasteiger partial charge in [-0.2, -0.15) is 0 Å². The molecule has 0 spiro atoms. The molecule has 19 heavy (non-hydrogen) atoms. The lowest BCUT2D eigenvalue weighted by Gasteiger charge is -2.35. The zero-order chi connectivity index (χ0) is 15.1. The third-order valence-corrected chi connectivity index (χ3v) is 3.33. The van der Waals surface area contributed by atoms with Gasteiger partial charge < -0.3 is 20.5 Å². The van der Waals surface area contributed by atoms with E-state index in [1.165, 1.54) is 0 Å². The average molecular weight is 274 g/mol. The second kappa shape index (κ2) is 7.86. The van der Waals surface area contributed by atoms with Crippen LogP contribution in [0, 0.1) is 11.3 Å². The van der Waals surface area contributed by atoms with Crippen LogP contribution in [0.15, 0.2) is 0 Å². The second-order valence-corrected chi connectivity index (χ2v) is 5.35. The van der Waals surface area contributed by atoms with Crippen molar-refractivity contribution in [3.05, 3.63) is 0 Å². The quantitative estimate of drug-likeness (QED) is 0.745. The van der Waals surface area contributed by atoms with Gasteiger partial charge >= 0.3 is 12.2 Å². The molecule has 0 saturated heterocycles. The summed E-state index contributed by atoms with van der Waals surface area (Å²) in [6.45, 7) is 10.0. The summed E-state index contributed by atoms with van der Waals surface area (Å²) in [4.78, 5) is 22.3. The maximum Gasteiger partial charge on any atom is 0.407 e. The smallest absolute Gasteiger partial charge is 0.407 e. The highest BCUT2D eigenvalue weighted by Gasteiger charge is 2.35. The van der Waals surface area contributed by atoms with E-state index in [9.17, 15) is 9.59 Å². The molecule has 0 aliphatic heterocycles. The number of carbonyl (C=O) groups excluding carboxylic acids is 2. The molecule has 0 aliphatic rings. The maximum atomic E-state index is 11.5. The van der Waals surface area contributed by atoms with Gasteiger partial charge in [0.15, 0.2) is 0 Å². The highest BCUT2D eigenvalue weighted by molar-refractivity contribution is 5.67. The summed E-state index contributed by atoms with van der Waals surface area (Å²) in [6.07, 6.45) is -0.565. The number of rotatable bonds is 7. The third kappa shape index (κ3) is 6.31. The molecular weight excluding hydrogens is 248 g/mol. The van der Waals surface area contributed by atoms with Crippen LogP contribution in [0.5, 0.6) is 0 Å². The third-order valence-electron chi connectivity index (χ3n) is 3.33. The van der Waals surface area contributed by atoms with Gasteiger partial charge in [0, 0.05) is 11.5 Å². The second-order valence-electron chi connectivity index (χ2n) is 5.35. The molecule has 0 fully saturated rings. The van der Waals surface area contributed by atoms with Gasteiger partial charge in [-0.15, -0.1) is 0 Å². The summed E-state index contributed by atoms with van der Waals surface area (Å²) in [7, 11) is 0. The molecular formula is C13H26N2O4. The van der Waals surface area contributed by atoms with Gasteiger partial charge in [0.25, 0.3) is 0 Å². The summed E-state index contributed by atoms with van der Waals surface area (Å²) in [5.74, 6) is 0.184. The van der Waals surface area contributed by atoms with Crippen molar-refractivity contribution in [3.63, 3.8) is 0 Å². The molecule has 6 heteroatoms. The molecule has 0 bridgehead atoms. The minimum absolute atomic E-state index is 0.0180. The van der Waals surface area contributed by atoms with Crippen molar-refractivity contribution in [1.29, 1.82) is 0 Å². The van der Waals surface area contributed by atoms with Crippen LogP contribution in [0.1, 0.15) is 41.0 Å². The van der Waals surface area contributed by atoms with Crippen LogP contribution in [0.4, 0.5) is 9.59 Å². The van der Waals surface area contributed by atoms with Gasteiger partial charge in [-0.25, -0.2) is 9.59 Å². The fourth-order valence-electron chi connectivity index (χ4n) is 1.69. The van der Waals surface area contributed by atoms with Crippen molar-refractivity contribution < 1.29 is 19.1 Å². The minimum atomic E-state index is -0.815. The minimum Gasteiger partial charge on any atom is -0.449 e. The molecule has 1 atom stereocenters. The first-order valence-electron chi connectivity index (χ1n) is 6.59. The van der Waals surface area contributed by atoms with E-state index in [0.29, 0.717) is 6.42 Å². The molecule has 3 N–H and O–H groups in total. The monoisotopic (exact) mass is 274 g/mol. The van der Waals surface area contributed by atoms with Crippen molar-refractivity contribution >= 4 is 12.2 Å². The first kappa shape index (κ1) is 17.5. The van der Waals surface area contributed by atoms with Crippen LogP contribution < -0.4 is 11.1 Å². The molecule has 0 heterocycles. The SMILES string of the molecule is CCC(COC(N)=O)(COC(=O)NC(C)C)C(C)C. The van der Waals surface area contributed by atoms with E-state index in [0.717, 1.165) is 0 Å². The van der Waals surface area contributed by atoms with Crippen LogP contribution in [0.2, 0.25) is 0 Å². The van der Waals surface area contributed by atoms with E-state index in [1.807, 2.05) is 34.6 Å². The van der Waals surface area contributed by atoms with E-state index in [1.54, 1.807) is 0 Å². The number of hydrogen-bond acceptors (Lipinski definition) is 4. The van der Waals surface area contributed by atoms with Crippen molar-refractivity contribution in [1.82, 2.24) is 5.32 Å². The Morgan fingerprint density at radius 3 is 2.05 bits per heavy atom. The Bertz CT molecular complexity index is 305. The fourth-order valence-corrected chi connectivity index (χ4v) is 1.69. The number of alkyl carbamates (subject to hydrolysis) is 1. The Hall–Kier alpha value is -1.46. The Labute approximate surface area is 115 Å². The lowest BCUT2D eigenvalue weighted by atomic mass is 9.76. The lowest BCUT2D eigenvalue weighted by molar-refractivity contribution is -0.00381. The topological polar surface area (TPSA) is 90.7 Å². The highest BCUT2D eigenvalue weighted by atomic mass is 16.6. The van der Waals surface area contributed by atoms with Crippen LogP contribution in [-0.4, -0.2) is 31.4 Å². The van der Waals surface area contributed by atoms with Crippen LogP contribution >= 0.6 is 0 Å². The predicted octanol–water partition coefficient (Wildman–Crippen LogP) is 2.27. The largest absolute Gasteiger partial charge is 0.449 e. The van der Waals surface area contributed by atoms with Gasteiger partial charge in [-0.05, 0) is 26.2 Å². The molecule has 0 aliphatic carbocycles. The highest BCUT2D eigenvalue weighted by Crippen LogP contribution is 2.32.